The lowest BCUT2D eigenvalue weighted by molar-refractivity contribution is -0.111. The van der Waals surface area contributed by atoms with Gasteiger partial charge >= 0.3 is 0 Å². The number of rotatable bonds is 5. The number of hydrogen-bond acceptors (Lipinski definition) is 4. The van der Waals surface area contributed by atoms with Crippen molar-refractivity contribution in [3.05, 3.63) is 78.4 Å². The van der Waals surface area contributed by atoms with E-state index in [-0.39, 0.29) is 5.91 Å². The summed E-state index contributed by atoms with van der Waals surface area (Å²) in [6.45, 7) is 2.95. The number of carbonyl (C=O) groups excluding carboxylic acids is 1. The van der Waals surface area contributed by atoms with Crippen LogP contribution in [0.15, 0.2) is 72.8 Å². The molecule has 0 aliphatic carbocycles. The fourth-order valence-electron chi connectivity index (χ4n) is 3.32. The van der Waals surface area contributed by atoms with Gasteiger partial charge in [-0.15, -0.1) is 0 Å². The van der Waals surface area contributed by atoms with Crippen molar-refractivity contribution in [3.63, 3.8) is 0 Å². The van der Waals surface area contributed by atoms with E-state index >= 15 is 0 Å². The number of ether oxygens (including phenoxy) is 2. The molecule has 29 heavy (non-hydrogen) atoms. The van der Waals surface area contributed by atoms with E-state index < -0.39 is 0 Å². The molecular weight excluding hydrogens is 364 g/mol. The van der Waals surface area contributed by atoms with Crippen LogP contribution in [0.1, 0.15) is 12.5 Å². The van der Waals surface area contributed by atoms with Gasteiger partial charge in [0.25, 0.3) is 0 Å². The molecule has 0 fully saturated rings. The summed E-state index contributed by atoms with van der Waals surface area (Å²) in [5.41, 5.74) is 3.68. The molecule has 3 aromatic rings. The minimum absolute atomic E-state index is 0.200. The van der Waals surface area contributed by atoms with E-state index in [1.165, 1.54) is 6.08 Å². The van der Waals surface area contributed by atoms with Gasteiger partial charge in [-0.2, -0.15) is 0 Å². The van der Waals surface area contributed by atoms with Crippen molar-refractivity contribution < 1.29 is 14.3 Å². The van der Waals surface area contributed by atoms with Crippen molar-refractivity contribution in [1.82, 2.24) is 0 Å². The summed E-state index contributed by atoms with van der Waals surface area (Å²) in [6, 6.07) is 21.2. The predicted octanol–water partition coefficient (Wildman–Crippen LogP) is 5.61. The van der Waals surface area contributed by atoms with Crippen LogP contribution in [-0.2, 0) is 4.79 Å². The average Bonchev–Trinajstić information content (AvgIpc) is 2.76. The van der Waals surface area contributed by atoms with E-state index in [4.69, 9.17) is 9.47 Å². The molecule has 0 saturated heterocycles. The Kier molecular flexibility index (Phi) is 5.20. The van der Waals surface area contributed by atoms with Crippen molar-refractivity contribution in [2.45, 2.75) is 6.92 Å². The first-order chi connectivity index (χ1) is 14.2. The maximum absolute atomic E-state index is 12.2. The van der Waals surface area contributed by atoms with Crippen LogP contribution < -0.4 is 19.7 Å². The summed E-state index contributed by atoms with van der Waals surface area (Å²) < 4.78 is 11.2. The number of hydrogen-bond donors (Lipinski definition) is 1. The van der Waals surface area contributed by atoms with Crippen LogP contribution in [0.4, 0.5) is 17.1 Å². The van der Waals surface area contributed by atoms with Gasteiger partial charge in [-0.3, -0.25) is 4.79 Å². The zero-order valence-corrected chi connectivity index (χ0v) is 16.4. The van der Waals surface area contributed by atoms with E-state index in [2.05, 4.69) is 23.2 Å². The van der Waals surface area contributed by atoms with Gasteiger partial charge in [0.05, 0.1) is 18.5 Å². The third-order valence-electron chi connectivity index (χ3n) is 4.75. The monoisotopic (exact) mass is 386 g/mol. The highest BCUT2D eigenvalue weighted by atomic mass is 16.5. The van der Waals surface area contributed by atoms with Crippen molar-refractivity contribution in [2.24, 2.45) is 0 Å². The molecule has 5 nitrogen and oxygen atoms in total. The highest BCUT2D eigenvalue weighted by Crippen LogP contribution is 2.46. The predicted molar refractivity (Wildman–Crippen MR) is 116 cm³/mol. The van der Waals surface area contributed by atoms with Crippen LogP contribution in [-0.4, -0.2) is 19.6 Å². The number of para-hydroxylation sites is 2. The fraction of sp³-hybridized carbons (Fsp3) is 0.125. The summed E-state index contributed by atoms with van der Waals surface area (Å²) in [4.78, 5) is 14.4. The maximum Gasteiger partial charge on any atom is 0.248 e. The molecule has 146 valence electrons. The standard InChI is InChI=1S/C24H22N2O3/c1-3-26-20-6-4-5-7-22(20)29-23-16-17(8-14-21(23)26)9-15-24(27)25-18-10-12-19(28-2)13-11-18/h4-16H,3H2,1-2H3,(H,25,27)/b15-9+. The zero-order valence-electron chi connectivity index (χ0n) is 16.4. The number of nitrogens with zero attached hydrogens (tertiary/aromatic N) is 1. The van der Waals surface area contributed by atoms with Crippen LogP contribution in [0.3, 0.4) is 0 Å². The Morgan fingerprint density at radius 2 is 1.79 bits per heavy atom. The van der Waals surface area contributed by atoms with Gasteiger partial charge in [0.1, 0.15) is 5.75 Å². The lowest BCUT2D eigenvalue weighted by Gasteiger charge is -2.32. The number of amides is 1. The molecule has 0 unspecified atom stereocenters. The third kappa shape index (κ3) is 3.94. The summed E-state index contributed by atoms with van der Waals surface area (Å²) >= 11 is 0. The van der Waals surface area contributed by atoms with E-state index in [0.717, 1.165) is 40.7 Å². The largest absolute Gasteiger partial charge is 0.497 e. The average molecular weight is 386 g/mol. The van der Waals surface area contributed by atoms with Gasteiger partial charge in [-0.05, 0) is 67.1 Å². The fourth-order valence-corrected chi connectivity index (χ4v) is 3.32. The van der Waals surface area contributed by atoms with Gasteiger partial charge in [0.2, 0.25) is 5.91 Å². The lowest BCUT2D eigenvalue weighted by Crippen LogP contribution is -2.20. The van der Waals surface area contributed by atoms with Gasteiger partial charge in [-0.1, -0.05) is 18.2 Å². The smallest absolute Gasteiger partial charge is 0.248 e. The summed E-state index contributed by atoms with van der Waals surface area (Å²) in [6.07, 6.45) is 3.29. The van der Waals surface area contributed by atoms with Crippen molar-refractivity contribution in [1.29, 1.82) is 0 Å². The van der Waals surface area contributed by atoms with Crippen LogP contribution in [0.2, 0.25) is 0 Å². The summed E-state index contributed by atoms with van der Waals surface area (Å²) in [5, 5.41) is 2.83. The number of fused-ring (bicyclic) bond motifs is 2. The lowest BCUT2D eigenvalue weighted by atomic mass is 10.1. The van der Waals surface area contributed by atoms with Gasteiger partial charge in [-0.25, -0.2) is 0 Å². The second-order valence-electron chi connectivity index (χ2n) is 6.59. The van der Waals surface area contributed by atoms with E-state index in [1.807, 2.05) is 36.4 Å². The van der Waals surface area contributed by atoms with Gasteiger partial charge < -0.3 is 19.7 Å². The molecule has 0 saturated carbocycles. The highest BCUT2D eigenvalue weighted by Gasteiger charge is 2.22. The van der Waals surface area contributed by atoms with Crippen molar-refractivity contribution in [3.8, 4) is 17.2 Å². The Labute approximate surface area is 170 Å². The molecule has 0 bridgehead atoms. The molecule has 0 spiro atoms. The minimum atomic E-state index is -0.200. The zero-order chi connectivity index (χ0) is 20.2. The Morgan fingerprint density at radius 3 is 2.55 bits per heavy atom. The van der Waals surface area contributed by atoms with Crippen LogP contribution >= 0.6 is 0 Å². The Hall–Kier alpha value is -3.73. The first-order valence-electron chi connectivity index (χ1n) is 9.49. The third-order valence-corrected chi connectivity index (χ3v) is 4.75. The molecular formula is C24H22N2O3. The molecule has 1 aliphatic heterocycles. The molecule has 1 amide bonds. The Morgan fingerprint density at radius 1 is 1.03 bits per heavy atom. The van der Waals surface area contributed by atoms with Gasteiger partial charge in [0.15, 0.2) is 11.5 Å². The number of benzene rings is 3. The number of methoxy groups -OCH3 is 1. The molecule has 1 aliphatic rings. The van der Waals surface area contributed by atoms with Crippen LogP contribution in [0.5, 0.6) is 17.2 Å². The highest BCUT2D eigenvalue weighted by molar-refractivity contribution is 6.02. The summed E-state index contributed by atoms with van der Waals surface area (Å²) in [5.74, 6) is 2.16. The molecule has 1 heterocycles. The molecule has 1 N–H and O–H groups in total. The number of carbonyl (C=O) groups is 1. The minimum Gasteiger partial charge on any atom is -0.497 e. The molecule has 0 aromatic heterocycles. The SMILES string of the molecule is CCN1c2ccccc2Oc2cc(/C=C/C(=O)Nc3ccc(OC)cc3)ccc21. The van der Waals surface area contributed by atoms with Crippen LogP contribution in [0.25, 0.3) is 6.08 Å². The van der Waals surface area contributed by atoms with Crippen molar-refractivity contribution >= 4 is 29.0 Å². The quantitative estimate of drug-likeness (QED) is 0.579. The number of anilines is 3. The molecule has 3 aromatic carbocycles. The van der Waals surface area contributed by atoms with Crippen molar-refractivity contribution in [2.75, 3.05) is 23.9 Å². The number of nitrogens with one attached hydrogen (secondary N) is 1. The van der Waals surface area contributed by atoms with E-state index in [9.17, 15) is 4.79 Å². The normalized spacial score (nSPS) is 12.1. The van der Waals surface area contributed by atoms with Crippen LogP contribution in [0, 0.1) is 0 Å². The topological polar surface area (TPSA) is 50.8 Å². The first kappa shape index (κ1) is 18.6. The van der Waals surface area contributed by atoms with Gasteiger partial charge in [0, 0.05) is 18.3 Å². The van der Waals surface area contributed by atoms with E-state index in [1.54, 1.807) is 37.5 Å². The maximum atomic E-state index is 12.2. The Bertz CT molecular complexity index is 1060. The molecule has 4 rings (SSSR count). The Balaban J connectivity index is 1.50. The summed E-state index contributed by atoms with van der Waals surface area (Å²) in [7, 11) is 1.61. The second kappa shape index (κ2) is 8.10. The molecule has 0 atom stereocenters. The molecule has 5 heteroatoms. The first-order valence-corrected chi connectivity index (χ1v) is 9.49. The molecule has 0 radical (unpaired) electrons. The second-order valence-corrected chi connectivity index (χ2v) is 6.59. The van der Waals surface area contributed by atoms with E-state index in [0.29, 0.717) is 5.69 Å².